The first-order valence-electron chi connectivity index (χ1n) is 4.50. The van der Waals surface area contributed by atoms with Gasteiger partial charge < -0.3 is 10.0 Å². The van der Waals surface area contributed by atoms with Gasteiger partial charge in [0.05, 0.1) is 6.61 Å². The van der Waals surface area contributed by atoms with Gasteiger partial charge in [0.2, 0.25) is 0 Å². The Morgan fingerprint density at radius 1 is 1.57 bits per heavy atom. The fraction of sp³-hybridized carbons (Fsp3) is 0.400. The van der Waals surface area contributed by atoms with Gasteiger partial charge in [-0.05, 0) is 18.6 Å². The van der Waals surface area contributed by atoms with E-state index < -0.39 is 0 Å². The van der Waals surface area contributed by atoms with Gasteiger partial charge in [-0.1, -0.05) is 6.07 Å². The molecule has 4 nitrogen and oxygen atoms in total. The van der Waals surface area contributed by atoms with Crippen molar-refractivity contribution in [3.8, 4) is 0 Å². The molecule has 0 unspecified atom stereocenters. The molecule has 1 aromatic heterocycles. The van der Waals surface area contributed by atoms with E-state index in [1.165, 1.54) is 6.20 Å². The van der Waals surface area contributed by atoms with Gasteiger partial charge in [0.15, 0.2) is 0 Å². The molecule has 1 rings (SSSR count). The van der Waals surface area contributed by atoms with Crippen LogP contribution >= 0.6 is 0 Å². The first kappa shape index (κ1) is 10.7. The molecule has 1 aromatic rings. The predicted molar refractivity (Wildman–Crippen MR) is 52.8 cm³/mol. The molecule has 1 N–H and O–H groups in total. The van der Waals surface area contributed by atoms with E-state index in [9.17, 15) is 4.79 Å². The number of aliphatic hydroxyl groups excluding tert-OH is 1. The van der Waals surface area contributed by atoms with Crippen LogP contribution in [0.5, 0.6) is 0 Å². The number of hydrogen-bond acceptors (Lipinski definition) is 3. The maximum atomic E-state index is 11.6. The third-order valence-corrected chi connectivity index (χ3v) is 2.05. The van der Waals surface area contributed by atoms with Gasteiger partial charge in [-0.15, -0.1) is 0 Å². The van der Waals surface area contributed by atoms with Crippen molar-refractivity contribution in [3.63, 3.8) is 0 Å². The summed E-state index contributed by atoms with van der Waals surface area (Å²) in [6.07, 6.45) is 1.51. The molecular weight excluding hydrogens is 180 g/mol. The largest absolute Gasteiger partial charge is 0.392 e. The van der Waals surface area contributed by atoms with Gasteiger partial charge in [-0.25, -0.2) is 0 Å². The topological polar surface area (TPSA) is 53.4 Å². The van der Waals surface area contributed by atoms with Crippen molar-refractivity contribution in [2.45, 2.75) is 13.5 Å². The number of amides is 1. The first-order chi connectivity index (χ1) is 6.69. The summed E-state index contributed by atoms with van der Waals surface area (Å²) < 4.78 is 0. The number of aliphatic hydroxyl groups is 1. The van der Waals surface area contributed by atoms with E-state index in [-0.39, 0.29) is 12.5 Å². The number of carbonyl (C=O) groups excluding carboxylic acids is 1. The molecule has 0 aliphatic rings. The lowest BCUT2D eigenvalue weighted by molar-refractivity contribution is 0.0796. The lowest BCUT2D eigenvalue weighted by Crippen LogP contribution is -2.26. The lowest BCUT2D eigenvalue weighted by atomic mass is 10.2. The molecule has 1 amide bonds. The van der Waals surface area contributed by atoms with Gasteiger partial charge in [0, 0.05) is 19.8 Å². The van der Waals surface area contributed by atoms with Crippen LogP contribution in [0, 0.1) is 0 Å². The standard InChI is InChI=1S/C10H14N2O2/c1-3-12(2)10(14)9-5-4-8(7-13)6-11-9/h4-6,13H,3,7H2,1-2H3. The van der Waals surface area contributed by atoms with Gasteiger partial charge in [-0.3, -0.25) is 9.78 Å². The Morgan fingerprint density at radius 2 is 2.29 bits per heavy atom. The predicted octanol–water partition coefficient (Wildman–Crippen LogP) is 0.666. The van der Waals surface area contributed by atoms with Crippen LogP contribution < -0.4 is 0 Å². The van der Waals surface area contributed by atoms with Crippen LogP contribution in [0.3, 0.4) is 0 Å². The summed E-state index contributed by atoms with van der Waals surface area (Å²) in [6.45, 7) is 2.51. The van der Waals surface area contributed by atoms with Crippen LogP contribution in [0.1, 0.15) is 23.0 Å². The van der Waals surface area contributed by atoms with Crippen molar-refractivity contribution in [3.05, 3.63) is 29.6 Å². The smallest absolute Gasteiger partial charge is 0.272 e. The number of rotatable bonds is 3. The van der Waals surface area contributed by atoms with E-state index in [4.69, 9.17) is 5.11 Å². The molecule has 0 saturated carbocycles. The van der Waals surface area contributed by atoms with Crippen LogP contribution in [-0.2, 0) is 6.61 Å². The van der Waals surface area contributed by atoms with Crippen LogP contribution in [0.15, 0.2) is 18.3 Å². The third-order valence-electron chi connectivity index (χ3n) is 2.05. The van der Waals surface area contributed by atoms with Crippen molar-refractivity contribution < 1.29 is 9.90 Å². The van der Waals surface area contributed by atoms with Gasteiger partial charge in [0.25, 0.3) is 5.91 Å². The Hall–Kier alpha value is -1.42. The zero-order chi connectivity index (χ0) is 10.6. The van der Waals surface area contributed by atoms with Gasteiger partial charge in [-0.2, -0.15) is 0 Å². The molecule has 0 saturated heterocycles. The summed E-state index contributed by atoms with van der Waals surface area (Å²) in [5.74, 6) is -0.100. The summed E-state index contributed by atoms with van der Waals surface area (Å²) in [4.78, 5) is 17.1. The molecule has 0 fully saturated rings. The first-order valence-corrected chi connectivity index (χ1v) is 4.50. The number of hydrogen-bond donors (Lipinski definition) is 1. The summed E-state index contributed by atoms with van der Waals surface area (Å²) in [7, 11) is 1.73. The van der Waals surface area contributed by atoms with E-state index >= 15 is 0 Å². The quantitative estimate of drug-likeness (QED) is 0.769. The Bertz CT molecular complexity index is 308. The van der Waals surface area contributed by atoms with Crippen molar-refractivity contribution in [1.82, 2.24) is 9.88 Å². The van der Waals surface area contributed by atoms with E-state index in [0.29, 0.717) is 17.8 Å². The van der Waals surface area contributed by atoms with Gasteiger partial charge >= 0.3 is 0 Å². The Labute approximate surface area is 83.2 Å². The highest BCUT2D eigenvalue weighted by atomic mass is 16.3. The molecule has 0 aliphatic carbocycles. The number of nitrogens with zero attached hydrogens (tertiary/aromatic N) is 2. The Morgan fingerprint density at radius 3 is 2.71 bits per heavy atom. The Kier molecular flexibility index (Phi) is 3.59. The molecule has 0 bridgehead atoms. The molecule has 0 atom stereocenters. The summed E-state index contributed by atoms with van der Waals surface area (Å²) in [5.41, 5.74) is 1.12. The second kappa shape index (κ2) is 4.72. The molecule has 0 spiro atoms. The average Bonchev–Trinajstić information content (AvgIpc) is 2.27. The van der Waals surface area contributed by atoms with Crippen molar-refractivity contribution in [2.24, 2.45) is 0 Å². The minimum absolute atomic E-state index is 0.0505. The SMILES string of the molecule is CCN(C)C(=O)c1ccc(CO)cn1. The van der Waals surface area contributed by atoms with Crippen molar-refractivity contribution in [2.75, 3.05) is 13.6 Å². The molecule has 76 valence electrons. The number of aromatic nitrogens is 1. The van der Waals surface area contributed by atoms with Crippen LogP contribution in [0.2, 0.25) is 0 Å². The number of carbonyl (C=O) groups is 1. The highest BCUT2D eigenvalue weighted by Crippen LogP contribution is 2.02. The van der Waals surface area contributed by atoms with Gasteiger partial charge in [0.1, 0.15) is 5.69 Å². The summed E-state index contributed by atoms with van der Waals surface area (Å²) >= 11 is 0. The molecular formula is C10H14N2O2. The normalized spacial score (nSPS) is 9.93. The van der Waals surface area contributed by atoms with Crippen LogP contribution in [-0.4, -0.2) is 34.5 Å². The van der Waals surface area contributed by atoms with E-state index in [0.717, 1.165) is 0 Å². The molecule has 0 aromatic carbocycles. The zero-order valence-electron chi connectivity index (χ0n) is 8.40. The third kappa shape index (κ3) is 2.29. The molecule has 1 heterocycles. The van der Waals surface area contributed by atoms with Crippen molar-refractivity contribution in [1.29, 1.82) is 0 Å². The monoisotopic (exact) mass is 194 g/mol. The highest BCUT2D eigenvalue weighted by Gasteiger charge is 2.10. The lowest BCUT2D eigenvalue weighted by Gasteiger charge is -2.13. The van der Waals surface area contributed by atoms with E-state index in [2.05, 4.69) is 4.98 Å². The molecule has 14 heavy (non-hydrogen) atoms. The summed E-state index contributed by atoms with van der Waals surface area (Å²) in [5, 5.41) is 8.79. The number of pyridine rings is 1. The fourth-order valence-corrected chi connectivity index (χ4v) is 0.984. The maximum absolute atomic E-state index is 11.6. The average molecular weight is 194 g/mol. The van der Waals surface area contributed by atoms with E-state index in [1.807, 2.05) is 6.92 Å². The Balaban J connectivity index is 2.81. The van der Waals surface area contributed by atoms with E-state index in [1.54, 1.807) is 24.1 Å². The highest BCUT2D eigenvalue weighted by molar-refractivity contribution is 5.92. The van der Waals surface area contributed by atoms with Crippen LogP contribution in [0.25, 0.3) is 0 Å². The molecule has 4 heteroatoms. The minimum atomic E-state index is -0.100. The zero-order valence-corrected chi connectivity index (χ0v) is 8.40. The molecule has 0 aliphatic heterocycles. The van der Waals surface area contributed by atoms with Crippen molar-refractivity contribution >= 4 is 5.91 Å². The second-order valence-electron chi connectivity index (χ2n) is 3.03. The second-order valence-corrected chi connectivity index (χ2v) is 3.03. The minimum Gasteiger partial charge on any atom is -0.392 e. The summed E-state index contributed by atoms with van der Waals surface area (Å²) in [6, 6.07) is 3.32. The maximum Gasteiger partial charge on any atom is 0.272 e. The van der Waals surface area contributed by atoms with Crippen LogP contribution in [0.4, 0.5) is 0 Å². The molecule has 0 radical (unpaired) electrons. The fourth-order valence-electron chi connectivity index (χ4n) is 0.984.